The summed E-state index contributed by atoms with van der Waals surface area (Å²) in [5.41, 5.74) is 2.11. The number of methoxy groups -OCH3 is 2. The highest BCUT2D eigenvalue weighted by atomic mass is 32.2. The lowest BCUT2D eigenvalue weighted by atomic mass is 10.1. The van der Waals surface area contributed by atoms with E-state index in [1.54, 1.807) is 13.0 Å². The molecule has 2 aromatic carbocycles. The third-order valence-electron chi connectivity index (χ3n) is 5.25. The molecule has 7 nitrogen and oxygen atoms in total. The summed E-state index contributed by atoms with van der Waals surface area (Å²) >= 11 is 0. The molecule has 0 fully saturated rings. The molecule has 162 valence electrons. The van der Waals surface area contributed by atoms with Crippen LogP contribution in [0.25, 0.3) is 0 Å². The van der Waals surface area contributed by atoms with Crippen LogP contribution in [-0.2, 0) is 26.0 Å². The molecule has 0 saturated carbocycles. The van der Waals surface area contributed by atoms with Crippen LogP contribution in [-0.4, -0.2) is 46.1 Å². The molecule has 0 saturated heterocycles. The summed E-state index contributed by atoms with van der Waals surface area (Å²) in [7, 11) is -0.954. The van der Waals surface area contributed by atoms with Gasteiger partial charge >= 0.3 is 5.97 Å². The van der Waals surface area contributed by atoms with Crippen molar-refractivity contribution in [3.05, 3.63) is 53.6 Å². The molecule has 0 radical (unpaired) electrons. The van der Waals surface area contributed by atoms with Crippen LogP contribution in [0.4, 0.5) is 0 Å². The number of aryl methyl sites for hydroxylation is 1. The summed E-state index contributed by atoms with van der Waals surface area (Å²) < 4.78 is 44.2. The fourth-order valence-electron chi connectivity index (χ4n) is 3.82. The first-order chi connectivity index (χ1) is 14.4. The molecule has 1 aliphatic rings. The molecule has 30 heavy (non-hydrogen) atoms. The summed E-state index contributed by atoms with van der Waals surface area (Å²) in [6.45, 7) is 2.02. The van der Waals surface area contributed by atoms with Gasteiger partial charge in [0.25, 0.3) is 0 Å². The minimum absolute atomic E-state index is 0.0149. The van der Waals surface area contributed by atoms with Gasteiger partial charge < -0.3 is 14.2 Å². The summed E-state index contributed by atoms with van der Waals surface area (Å²) in [4.78, 5) is 12.1. The average molecular weight is 434 g/mol. The highest BCUT2D eigenvalue weighted by Gasteiger charge is 2.36. The van der Waals surface area contributed by atoms with E-state index in [4.69, 9.17) is 14.2 Å². The maximum atomic E-state index is 13.6. The van der Waals surface area contributed by atoms with Crippen molar-refractivity contribution in [3.63, 3.8) is 0 Å². The number of esters is 1. The zero-order valence-electron chi connectivity index (χ0n) is 17.5. The van der Waals surface area contributed by atoms with Gasteiger partial charge in [0.05, 0.1) is 38.2 Å². The molecule has 3 rings (SSSR count). The lowest BCUT2D eigenvalue weighted by Gasteiger charge is -2.29. The van der Waals surface area contributed by atoms with E-state index >= 15 is 0 Å². The summed E-state index contributed by atoms with van der Waals surface area (Å²) in [6.07, 6.45) is 1.44. The lowest BCUT2D eigenvalue weighted by Crippen LogP contribution is -2.36. The third kappa shape index (κ3) is 4.44. The summed E-state index contributed by atoms with van der Waals surface area (Å²) in [6, 6.07) is 12.0. The highest BCUT2D eigenvalue weighted by molar-refractivity contribution is 7.89. The Morgan fingerprint density at radius 3 is 2.53 bits per heavy atom. The Hall–Kier alpha value is -2.58. The Balaban J connectivity index is 2.00. The standard InChI is InChI=1S/C22H27NO6S/c1-4-29-22(24)13-14-23(19-11-9-16-7-5-6-8-18(16)19)30(25,26)17-10-12-20(27-2)21(15-17)28-3/h5-8,10,12,15,19H,4,9,11,13-14H2,1-3H3. The van der Waals surface area contributed by atoms with Crippen molar-refractivity contribution >= 4 is 16.0 Å². The quantitative estimate of drug-likeness (QED) is 0.564. The maximum absolute atomic E-state index is 13.6. The number of fused-ring (bicyclic) bond motifs is 1. The first-order valence-corrected chi connectivity index (χ1v) is 11.3. The molecule has 0 N–H and O–H groups in total. The molecule has 0 aromatic heterocycles. The minimum Gasteiger partial charge on any atom is -0.493 e. The van der Waals surface area contributed by atoms with Crippen LogP contribution in [0.2, 0.25) is 0 Å². The normalized spacial score (nSPS) is 15.7. The monoisotopic (exact) mass is 433 g/mol. The molecule has 1 aliphatic carbocycles. The minimum atomic E-state index is -3.91. The number of hydrogen-bond acceptors (Lipinski definition) is 6. The summed E-state index contributed by atoms with van der Waals surface area (Å²) in [5, 5.41) is 0. The van der Waals surface area contributed by atoms with Crippen molar-refractivity contribution in [1.82, 2.24) is 4.31 Å². The molecule has 8 heteroatoms. The number of carbonyl (C=O) groups excluding carboxylic acids is 1. The Bertz CT molecular complexity index is 1000. The zero-order valence-corrected chi connectivity index (χ0v) is 18.3. The number of nitrogens with zero attached hydrogens (tertiary/aromatic N) is 1. The Labute approximate surface area is 177 Å². The second-order valence-corrected chi connectivity index (χ2v) is 8.83. The molecule has 0 spiro atoms. The van der Waals surface area contributed by atoms with Gasteiger partial charge in [-0.1, -0.05) is 24.3 Å². The SMILES string of the molecule is CCOC(=O)CCN(C1CCc2ccccc21)S(=O)(=O)c1ccc(OC)c(OC)c1. The molecular formula is C22H27NO6S. The maximum Gasteiger partial charge on any atom is 0.307 e. The van der Waals surface area contributed by atoms with E-state index in [1.807, 2.05) is 24.3 Å². The Morgan fingerprint density at radius 1 is 1.10 bits per heavy atom. The molecule has 1 unspecified atom stereocenters. The van der Waals surface area contributed by atoms with E-state index in [9.17, 15) is 13.2 Å². The number of benzene rings is 2. The van der Waals surface area contributed by atoms with E-state index in [0.717, 1.165) is 17.5 Å². The number of sulfonamides is 1. The molecule has 0 heterocycles. The van der Waals surface area contributed by atoms with Crippen LogP contribution < -0.4 is 9.47 Å². The molecular weight excluding hydrogens is 406 g/mol. The van der Waals surface area contributed by atoms with Gasteiger partial charge in [-0.3, -0.25) is 4.79 Å². The van der Waals surface area contributed by atoms with E-state index in [2.05, 4.69) is 0 Å². The Morgan fingerprint density at radius 2 is 1.83 bits per heavy atom. The molecule has 1 atom stereocenters. The second-order valence-electron chi connectivity index (χ2n) is 6.94. The van der Waals surface area contributed by atoms with Gasteiger partial charge in [-0.25, -0.2) is 8.42 Å². The third-order valence-corrected chi connectivity index (χ3v) is 7.16. The van der Waals surface area contributed by atoms with Crippen molar-refractivity contribution in [2.45, 2.75) is 37.1 Å². The van der Waals surface area contributed by atoms with E-state index in [0.29, 0.717) is 17.9 Å². The van der Waals surface area contributed by atoms with Crippen LogP contribution in [0.5, 0.6) is 11.5 Å². The Kier molecular flexibility index (Phi) is 6.99. The van der Waals surface area contributed by atoms with Crippen molar-refractivity contribution in [2.24, 2.45) is 0 Å². The second kappa shape index (κ2) is 9.49. The van der Waals surface area contributed by atoms with Gasteiger partial charge in [0.2, 0.25) is 10.0 Å². The van der Waals surface area contributed by atoms with Crippen LogP contribution in [0.1, 0.15) is 36.9 Å². The number of rotatable bonds is 9. The van der Waals surface area contributed by atoms with Crippen LogP contribution >= 0.6 is 0 Å². The predicted octanol–water partition coefficient (Wildman–Crippen LogP) is 3.34. The van der Waals surface area contributed by atoms with Crippen LogP contribution in [0.3, 0.4) is 0 Å². The topological polar surface area (TPSA) is 82.1 Å². The van der Waals surface area contributed by atoms with E-state index < -0.39 is 16.0 Å². The number of hydrogen-bond donors (Lipinski definition) is 0. The number of carbonyl (C=O) groups is 1. The molecule has 2 aromatic rings. The van der Waals surface area contributed by atoms with E-state index in [1.165, 1.54) is 30.7 Å². The molecule has 0 aliphatic heterocycles. The van der Waals surface area contributed by atoms with Crippen LogP contribution in [0.15, 0.2) is 47.4 Å². The van der Waals surface area contributed by atoms with Crippen LogP contribution in [0, 0.1) is 0 Å². The zero-order chi connectivity index (χ0) is 21.7. The average Bonchev–Trinajstić information content (AvgIpc) is 3.17. The van der Waals surface area contributed by atoms with Gasteiger partial charge in [0, 0.05) is 12.6 Å². The first-order valence-electron chi connectivity index (χ1n) is 9.89. The lowest BCUT2D eigenvalue weighted by molar-refractivity contribution is -0.143. The van der Waals surface area contributed by atoms with Crippen molar-refractivity contribution < 1.29 is 27.4 Å². The first kappa shape index (κ1) is 22.1. The predicted molar refractivity (Wildman–Crippen MR) is 112 cm³/mol. The van der Waals surface area contributed by atoms with Gasteiger partial charge in [-0.05, 0) is 43.0 Å². The molecule has 0 amide bonds. The fourth-order valence-corrected chi connectivity index (χ4v) is 5.48. The molecule has 0 bridgehead atoms. The smallest absolute Gasteiger partial charge is 0.307 e. The van der Waals surface area contributed by atoms with Gasteiger partial charge in [-0.2, -0.15) is 4.31 Å². The van der Waals surface area contributed by atoms with Gasteiger partial charge in [0.15, 0.2) is 11.5 Å². The van der Waals surface area contributed by atoms with Crippen molar-refractivity contribution in [3.8, 4) is 11.5 Å². The largest absolute Gasteiger partial charge is 0.493 e. The highest BCUT2D eigenvalue weighted by Crippen LogP contribution is 2.40. The fraction of sp³-hybridized carbons (Fsp3) is 0.409. The van der Waals surface area contributed by atoms with Gasteiger partial charge in [-0.15, -0.1) is 0 Å². The van der Waals surface area contributed by atoms with E-state index in [-0.39, 0.29) is 30.5 Å². The number of ether oxygens (including phenoxy) is 3. The van der Waals surface area contributed by atoms with Crippen molar-refractivity contribution in [2.75, 3.05) is 27.4 Å². The van der Waals surface area contributed by atoms with Crippen molar-refractivity contribution in [1.29, 1.82) is 0 Å². The van der Waals surface area contributed by atoms with Gasteiger partial charge in [0.1, 0.15) is 0 Å². The summed E-state index contributed by atoms with van der Waals surface area (Å²) in [5.74, 6) is 0.354.